The molecule has 4 aromatic carbocycles. The maximum Gasteiger partial charge on any atom is 0.305 e. The number of carbonyl (C=O) groups excluding carboxylic acids is 16. The Bertz CT molecular complexity index is 4790. The van der Waals surface area contributed by atoms with Crippen LogP contribution in [0.3, 0.4) is 0 Å². The number of aromatic hydroxyl groups is 1. The zero-order valence-corrected chi connectivity index (χ0v) is 74.8. The minimum absolute atomic E-state index is 0.00523. The van der Waals surface area contributed by atoms with Crippen molar-refractivity contribution in [1.29, 1.82) is 0 Å². The molecule has 3 aliphatic heterocycles. The van der Waals surface area contributed by atoms with Crippen LogP contribution in [-0.4, -0.2) is 271 Å². The van der Waals surface area contributed by atoms with Crippen molar-refractivity contribution in [3.05, 3.63) is 137 Å². The van der Waals surface area contributed by atoms with Crippen molar-refractivity contribution in [1.82, 2.24) is 77.3 Å². The molecule has 13 atom stereocenters. The summed E-state index contributed by atoms with van der Waals surface area (Å²) in [6.07, 6.45) is -0.148. The number of nitrogens with one attached hydrogen (secondary N) is 10. The number of carboxylic acids is 1. The summed E-state index contributed by atoms with van der Waals surface area (Å²) in [7, 11) is 3.98. The summed E-state index contributed by atoms with van der Waals surface area (Å²) in [5.74, 6) is -19.2. The number of primary amides is 2. The molecular formula is C90H122FN17O19S. The van der Waals surface area contributed by atoms with Crippen LogP contribution in [0.5, 0.6) is 5.75 Å². The number of likely N-dealkylation sites (N-methyl/N-ethyl adjacent to an activating group) is 3. The van der Waals surface area contributed by atoms with Gasteiger partial charge in [-0.05, 0) is 122 Å². The van der Waals surface area contributed by atoms with Gasteiger partial charge in [0.25, 0.3) is 0 Å². The van der Waals surface area contributed by atoms with E-state index >= 15 is 43.2 Å². The Hall–Kier alpha value is -12.5. The molecular weight excluding hydrogens is 1670 g/mol. The summed E-state index contributed by atoms with van der Waals surface area (Å²) in [6.45, 7) is 11.1. The molecule has 0 saturated carbocycles. The average Bonchev–Trinajstić information content (AvgIpc) is 1.61. The maximum atomic E-state index is 15.7. The number of nitrogens with two attached hydrogens (primary N) is 2. The molecule has 0 spiro atoms. The molecule has 36 nitrogen and oxygen atoms in total. The van der Waals surface area contributed by atoms with Gasteiger partial charge in [0, 0.05) is 89.2 Å². The Morgan fingerprint density at radius 3 is 1.63 bits per heavy atom. The fourth-order valence-corrected chi connectivity index (χ4v) is 16.9. The lowest BCUT2D eigenvalue weighted by Gasteiger charge is -2.38. The summed E-state index contributed by atoms with van der Waals surface area (Å²) >= 11 is 0.788. The molecule has 0 aliphatic carbocycles. The second-order valence-corrected chi connectivity index (χ2v) is 35.2. The second kappa shape index (κ2) is 47.9. The smallest absolute Gasteiger partial charge is 0.305 e. The highest BCUT2D eigenvalue weighted by molar-refractivity contribution is 8.00. The number of fused-ring (bicyclic) bond motifs is 3. The van der Waals surface area contributed by atoms with Gasteiger partial charge in [-0.15, -0.1) is 11.8 Å². The summed E-state index contributed by atoms with van der Waals surface area (Å²) in [5, 5.41) is 45.3. The molecule has 1 aromatic heterocycles. The van der Waals surface area contributed by atoms with Gasteiger partial charge in [0.2, 0.25) is 94.5 Å². The number of carbonyl (C=O) groups is 17. The highest BCUT2D eigenvalue weighted by atomic mass is 32.2. The van der Waals surface area contributed by atoms with E-state index in [0.717, 1.165) is 33.7 Å². The number of aliphatic carboxylic acids is 1. The fraction of sp³-hybridized carbons (Fsp3) is 0.522. The number of H-pyrrole nitrogens is 1. The molecule has 16 amide bonds. The molecule has 16 N–H and O–H groups in total. The molecule has 38 heteroatoms. The number of phenols is 1. The van der Waals surface area contributed by atoms with Crippen molar-refractivity contribution in [2.75, 3.05) is 52.3 Å². The first-order chi connectivity index (χ1) is 60.7. The van der Waals surface area contributed by atoms with E-state index in [1.54, 1.807) is 102 Å². The van der Waals surface area contributed by atoms with Gasteiger partial charge < -0.3 is 99.0 Å². The summed E-state index contributed by atoms with van der Waals surface area (Å²) < 4.78 is 14.6. The molecule has 3 aliphatic rings. The lowest BCUT2D eigenvalue weighted by Crippen LogP contribution is -2.62. The van der Waals surface area contributed by atoms with Gasteiger partial charge in [-0.3, -0.25) is 81.5 Å². The van der Waals surface area contributed by atoms with Crippen LogP contribution in [0.25, 0.3) is 10.9 Å². The van der Waals surface area contributed by atoms with Gasteiger partial charge >= 0.3 is 5.97 Å². The normalized spacial score (nSPS) is 24.1. The van der Waals surface area contributed by atoms with E-state index in [-0.39, 0.29) is 101 Å². The summed E-state index contributed by atoms with van der Waals surface area (Å²) in [4.78, 5) is 258. The lowest BCUT2D eigenvalue weighted by molar-refractivity contribution is -0.152. The van der Waals surface area contributed by atoms with E-state index in [2.05, 4.69) is 52.8 Å². The first-order valence-electron chi connectivity index (χ1n) is 43.3. The quantitative estimate of drug-likeness (QED) is 0.0418. The first-order valence-corrected chi connectivity index (χ1v) is 44.5. The molecule has 0 radical (unpaired) electrons. The van der Waals surface area contributed by atoms with E-state index in [0.29, 0.717) is 46.0 Å². The van der Waals surface area contributed by atoms with E-state index in [1.165, 1.54) is 72.2 Å². The third-order valence-corrected chi connectivity index (χ3v) is 24.0. The van der Waals surface area contributed by atoms with Crippen LogP contribution in [0.1, 0.15) is 148 Å². The van der Waals surface area contributed by atoms with Gasteiger partial charge in [0.1, 0.15) is 90.1 Å². The molecule has 0 unspecified atom stereocenters. The van der Waals surface area contributed by atoms with Crippen molar-refractivity contribution >= 4 is 123 Å². The van der Waals surface area contributed by atoms with Crippen molar-refractivity contribution in [3.63, 3.8) is 0 Å². The highest BCUT2D eigenvalue weighted by Crippen LogP contribution is 2.28. The molecule has 0 bridgehead atoms. The number of benzene rings is 4. The van der Waals surface area contributed by atoms with Crippen LogP contribution in [0.2, 0.25) is 0 Å². The molecule has 8 rings (SSSR count). The van der Waals surface area contributed by atoms with Crippen molar-refractivity contribution < 1.29 is 96.1 Å². The Kier molecular flexibility index (Phi) is 37.7. The number of hydrogen-bond donors (Lipinski definition) is 14. The van der Waals surface area contributed by atoms with Crippen molar-refractivity contribution in [3.8, 4) is 5.75 Å². The maximum absolute atomic E-state index is 15.7. The van der Waals surface area contributed by atoms with Gasteiger partial charge in [0.15, 0.2) is 0 Å². The Balaban J connectivity index is 1.21. The van der Waals surface area contributed by atoms with Gasteiger partial charge in [-0.1, -0.05) is 134 Å². The number of nitrogens with zero attached hydrogens (tertiary/aromatic N) is 5. The fourth-order valence-electron chi connectivity index (χ4n) is 16.0. The molecule has 128 heavy (non-hydrogen) atoms. The lowest BCUT2D eigenvalue weighted by atomic mass is 9.97. The monoisotopic (exact) mass is 1800 g/mol. The third-order valence-electron chi connectivity index (χ3n) is 23.0. The Labute approximate surface area is 747 Å². The predicted octanol–water partition coefficient (Wildman–Crippen LogP) is 1.65. The molecule has 4 heterocycles. The highest BCUT2D eigenvalue weighted by Gasteiger charge is 2.46. The zero-order valence-electron chi connectivity index (χ0n) is 74.0. The third kappa shape index (κ3) is 28.8. The van der Waals surface area contributed by atoms with E-state index in [1.807, 2.05) is 6.92 Å². The van der Waals surface area contributed by atoms with Gasteiger partial charge in [-0.25, -0.2) is 4.39 Å². The minimum Gasteiger partial charge on any atom is -0.508 e. The van der Waals surface area contributed by atoms with Gasteiger partial charge in [-0.2, -0.15) is 0 Å². The topological polar surface area (TPSA) is 523 Å². The van der Waals surface area contributed by atoms with Gasteiger partial charge in [0.05, 0.1) is 18.7 Å². The number of aromatic nitrogens is 1. The molecule has 3 fully saturated rings. The summed E-state index contributed by atoms with van der Waals surface area (Å²) in [6, 6.07) is 6.56. The van der Waals surface area contributed by atoms with Crippen molar-refractivity contribution in [2.45, 2.75) is 230 Å². The number of carboxylic acid groups (broad SMARTS) is 1. The largest absolute Gasteiger partial charge is 0.508 e. The number of amides is 16. The first kappa shape index (κ1) is 101. The number of rotatable bonds is 24. The molecule has 3 saturated heterocycles. The SMILES string of the molecule is CCCC[C@H]1C(=O)N2CCC[C@@H]2C(=O)N[C@@H](CC(=O)O)C(=O)N[C@@H](C(C)C)C(=O)N(C)[C@@H](CC(C)C)C(=O)N[C@@H](CCC(N)=O)C(=O)N2CCC[C@@H]2C(=O)N[C@@H](Cc2c[nH]c3ccccc23)C(=O)N[C@@H](Cc2ccc(O)cc2)C(=O)N[C@@H](CC(C)C)C(=O)N[C@H](C(=O)NCC(N)=O)CSCC(=O)N[C@@H](Cc2ccc(F)cc2)C(=O)N(C)[C@@H](Cc2ccccc2)C(=O)N1C. The van der Waals surface area contributed by atoms with Crippen LogP contribution in [-0.2, 0) is 107 Å². The van der Waals surface area contributed by atoms with Crippen LogP contribution in [0.4, 0.5) is 4.39 Å². The number of hydrogen-bond acceptors (Lipinski definition) is 19. The van der Waals surface area contributed by atoms with E-state index in [9.17, 15) is 53.0 Å². The van der Waals surface area contributed by atoms with Crippen LogP contribution in [0, 0.1) is 23.6 Å². The number of unbranched alkanes of at least 4 members (excludes halogenated alkanes) is 1. The van der Waals surface area contributed by atoms with E-state index in [4.69, 9.17) is 11.5 Å². The number of halogens is 1. The Morgan fingerprint density at radius 1 is 0.516 bits per heavy atom. The van der Waals surface area contributed by atoms with Crippen LogP contribution < -0.4 is 59.3 Å². The van der Waals surface area contributed by atoms with Crippen LogP contribution >= 0.6 is 11.8 Å². The zero-order chi connectivity index (χ0) is 93.9. The average molecular weight is 1800 g/mol. The molecule has 5 aromatic rings. The number of aromatic amines is 1. The van der Waals surface area contributed by atoms with E-state index < -0.39 is 228 Å². The number of phenolic OH excluding ortho intramolecular Hbond substituents is 1. The summed E-state index contributed by atoms with van der Waals surface area (Å²) in [5.41, 5.74) is 13.6. The molecule has 694 valence electrons. The van der Waals surface area contributed by atoms with Crippen molar-refractivity contribution in [2.24, 2.45) is 29.2 Å². The number of thioether (sulfide) groups is 1. The van der Waals surface area contributed by atoms with Crippen LogP contribution in [0.15, 0.2) is 109 Å². The predicted molar refractivity (Wildman–Crippen MR) is 472 cm³/mol. The Morgan fingerprint density at radius 2 is 1.04 bits per heavy atom. The number of para-hydroxylation sites is 1. The second-order valence-electron chi connectivity index (χ2n) is 34.1. The standard InChI is InChI=1S/C90H122FN17O19S/c1-11-12-24-70-89(126)108-38-19-26-69(108)84(121)101-65(45-76(113)114)82(119)103-77(52(6)7)90(127)105(9)71(40-51(4)5)85(122)97-61(35-36-73(92)110)87(124)107-37-18-25-68(107)83(120)100-64(44-56-46-94-60-23-17-16-22-59(56)60)81(118)99-63(41-55-29-33-58(109)34-30-55)80(117)98-62(39-50(2)3)79(116)102-67(78(115)95-47-74(93)111)48-128-49-75(112)96-66(42-54-27-31-57(91)32-28-54)86(123)106(10)72(88(125)104(70)8)43-53-20-14-13-15-21-53/h13-17,20-23,27-34,46,50-52,61-72,77,94,109H,11-12,18-19,24-26,35-45,47-49H2,1-10H3,(H2,92,110)(H2,93,111)(H,95,115)(H,96,112)(H,97,122)(H,98,117)(H,99,118)(H,100,120)(H,101,121)(H,102,116)(H,103,119)(H,113,114)/t61-,62-,63-,64-,65-,66-,67-,68+,69+,70-,71-,72-,77-/m0/s1. The minimum atomic E-state index is -1.90.